The number of nitrogen functional groups attached to an aromatic ring is 1. The molecule has 0 atom stereocenters. The fraction of sp³-hybridized carbons (Fsp3) is 0.0714. The van der Waals surface area contributed by atoms with Crippen molar-refractivity contribution in [1.29, 1.82) is 0 Å². The third kappa shape index (κ3) is 3.43. The van der Waals surface area contributed by atoms with E-state index in [1.54, 1.807) is 24.2 Å². The lowest BCUT2D eigenvalue weighted by Crippen LogP contribution is -1.89. The summed E-state index contributed by atoms with van der Waals surface area (Å²) >= 11 is 4.94. The second-order valence-corrected chi connectivity index (χ2v) is 6.14. The van der Waals surface area contributed by atoms with Gasteiger partial charge < -0.3 is 10.2 Å². The van der Waals surface area contributed by atoms with Crippen LogP contribution in [0.4, 0.5) is 5.69 Å². The van der Waals surface area contributed by atoms with E-state index in [2.05, 4.69) is 31.1 Å². The van der Waals surface area contributed by atoms with Gasteiger partial charge in [0, 0.05) is 21.1 Å². The van der Waals surface area contributed by atoms with Crippen LogP contribution in [0.2, 0.25) is 0 Å². The van der Waals surface area contributed by atoms with Gasteiger partial charge in [-0.1, -0.05) is 15.9 Å². The van der Waals surface area contributed by atoms with E-state index in [0.29, 0.717) is 23.2 Å². The maximum absolute atomic E-state index is 5.84. The van der Waals surface area contributed by atoms with Gasteiger partial charge in [0.25, 0.3) is 0 Å². The van der Waals surface area contributed by atoms with E-state index < -0.39 is 0 Å². The van der Waals surface area contributed by atoms with E-state index in [1.807, 2.05) is 30.3 Å². The fourth-order valence-corrected chi connectivity index (χ4v) is 2.72. The maximum atomic E-state index is 5.84. The van der Waals surface area contributed by atoms with Crippen molar-refractivity contribution in [1.82, 2.24) is 15.2 Å². The van der Waals surface area contributed by atoms with Gasteiger partial charge >= 0.3 is 0 Å². The molecule has 3 rings (SSSR count). The molecule has 0 saturated heterocycles. The lowest BCUT2D eigenvalue weighted by Gasteiger charge is -2.01. The third-order valence-electron chi connectivity index (χ3n) is 2.72. The summed E-state index contributed by atoms with van der Waals surface area (Å²) in [7, 11) is 0. The largest absolute Gasteiger partial charge is 0.420 e. The predicted octanol–water partition coefficient (Wildman–Crippen LogP) is 3.77. The van der Waals surface area contributed by atoms with Crippen LogP contribution in [-0.2, 0) is 5.75 Å². The van der Waals surface area contributed by atoms with Crippen molar-refractivity contribution in [3.63, 3.8) is 0 Å². The molecular formula is C14H11BrN4OS. The van der Waals surface area contributed by atoms with Crippen LogP contribution in [0.3, 0.4) is 0 Å². The zero-order valence-electron chi connectivity index (χ0n) is 10.9. The molecule has 0 unspecified atom stereocenters. The standard InChI is InChI=1S/C14H11BrN4OS/c15-10-3-1-9(2-4-10)14-19-18-13(20-14)8-21-12-5-6-17-7-11(12)16/h1-7H,8,16H2. The van der Waals surface area contributed by atoms with Crippen LogP contribution < -0.4 is 5.73 Å². The quantitative estimate of drug-likeness (QED) is 0.711. The number of hydrogen-bond acceptors (Lipinski definition) is 6. The highest BCUT2D eigenvalue weighted by Gasteiger charge is 2.09. The lowest BCUT2D eigenvalue weighted by molar-refractivity contribution is 0.528. The van der Waals surface area contributed by atoms with Crippen molar-refractivity contribution < 1.29 is 4.42 Å². The van der Waals surface area contributed by atoms with Crippen molar-refractivity contribution >= 4 is 33.4 Å². The molecule has 3 aromatic rings. The third-order valence-corrected chi connectivity index (χ3v) is 4.32. The summed E-state index contributed by atoms with van der Waals surface area (Å²) < 4.78 is 6.67. The molecule has 0 saturated carbocycles. The van der Waals surface area contributed by atoms with E-state index in [1.165, 1.54) is 0 Å². The molecule has 106 valence electrons. The molecule has 2 aromatic heterocycles. The summed E-state index contributed by atoms with van der Waals surface area (Å²) in [5, 5.41) is 8.12. The number of nitrogens with two attached hydrogens (primary N) is 1. The number of benzene rings is 1. The average Bonchev–Trinajstić information content (AvgIpc) is 2.96. The predicted molar refractivity (Wildman–Crippen MR) is 85.6 cm³/mol. The molecule has 0 fully saturated rings. The molecule has 0 amide bonds. The Morgan fingerprint density at radius 1 is 1.14 bits per heavy atom. The number of anilines is 1. The Morgan fingerprint density at radius 3 is 2.71 bits per heavy atom. The second kappa shape index (κ2) is 6.28. The van der Waals surface area contributed by atoms with Gasteiger partial charge in [0.15, 0.2) is 0 Å². The van der Waals surface area contributed by atoms with E-state index in [9.17, 15) is 0 Å². The van der Waals surface area contributed by atoms with Crippen LogP contribution in [0.5, 0.6) is 0 Å². The fourth-order valence-electron chi connectivity index (χ4n) is 1.69. The highest BCUT2D eigenvalue weighted by atomic mass is 79.9. The van der Waals surface area contributed by atoms with Crippen molar-refractivity contribution in [2.24, 2.45) is 0 Å². The molecular weight excluding hydrogens is 352 g/mol. The first kappa shape index (κ1) is 14.1. The highest BCUT2D eigenvalue weighted by molar-refractivity contribution is 9.10. The van der Waals surface area contributed by atoms with Gasteiger partial charge in [-0.15, -0.1) is 22.0 Å². The minimum atomic E-state index is 0.515. The Labute approximate surface area is 134 Å². The topological polar surface area (TPSA) is 77.8 Å². The van der Waals surface area contributed by atoms with Gasteiger partial charge in [-0.25, -0.2) is 0 Å². The van der Waals surface area contributed by atoms with E-state index in [0.717, 1.165) is 14.9 Å². The minimum Gasteiger partial charge on any atom is -0.420 e. The number of nitrogens with zero attached hydrogens (tertiary/aromatic N) is 3. The molecule has 0 aliphatic carbocycles. The Morgan fingerprint density at radius 2 is 1.95 bits per heavy atom. The molecule has 0 aliphatic rings. The van der Waals surface area contributed by atoms with Gasteiger partial charge in [0.2, 0.25) is 11.8 Å². The van der Waals surface area contributed by atoms with Crippen LogP contribution in [0.15, 0.2) is 56.5 Å². The summed E-state index contributed by atoms with van der Waals surface area (Å²) in [5.41, 5.74) is 7.38. The van der Waals surface area contributed by atoms with Gasteiger partial charge in [0.05, 0.1) is 17.6 Å². The van der Waals surface area contributed by atoms with Gasteiger partial charge in [-0.05, 0) is 30.3 Å². The normalized spacial score (nSPS) is 10.7. The highest BCUT2D eigenvalue weighted by Crippen LogP contribution is 2.28. The van der Waals surface area contributed by atoms with Crippen LogP contribution in [0.25, 0.3) is 11.5 Å². The maximum Gasteiger partial charge on any atom is 0.247 e. The number of halogens is 1. The number of pyridine rings is 1. The summed E-state index contributed by atoms with van der Waals surface area (Å²) in [6, 6.07) is 9.59. The molecule has 21 heavy (non-hydrogen) atoms. The van der Waals surface area contributed by atoms with Crippen LogP contribution in [-0.4, -0.2) is 15.2 Å². The van der Waals surface area contributed by atoms with Crippen molar-refractivity contribution in [2.75, 3.05) is 5.73 Å². The number of hydrogen-bond donors (Lipinski definition) is 1. The number of rotatable bonds is 4. The Hall–Kier alpha value is -1.86. The molecule has 2 N–H and O–H groups in total. The summed E-state index contributed by atoms with van der Waals surface area (Å²) in [5.74, 6) is 1.65. The molecule has 1 aromatic carbocycles. The Kier molecular flexibility index (Phi) is 4.21. The smallest absolute Gasteiger partial charge is 0.247 e. The van der Waals surface area contributed by atoms with Gasteiger partial charge in [0.1, 0.15) is 0 Å². The molecule has 0 bridgehead atoms. The minimum absolute atomic E-state index is 0.515. The first-order valence-electron chi connectivity index (χ1n) is 6.13. The van der Waals surface area contributed by atoms with Crippen molar-refractivity contribution in [2.45, 2.75) is 10.6 Å². The van der Waals surface area contributed by atoms with Gasteiger partial charge in [-0.3, -0.25) is 4.98 Å². The Bertz CT molecular complexity index is 745. The van der Waals surface area contributed by atoms with E-state index in [4.69, 9.17) is 10.2 Å². The first-order valence-corrected chi connectivity index (χ1v) is 7.91. The number of thioether (sulfide) groups is 1. The SMILES string of the molecule is Nc1cnccc1SCc1nnc(-c2ccc(Br)cc2)o1. The summed E-state index contributed by atoms with van der Waals surface area (Å²) in [6.45, 7) is 0. The number of aromatic nitrogens is 3. The van der Waals surface area contributed by atoms with Crippen LogP contribution >= 0.6 is 27.7 Å². The van der Waals surface area contributed by atoms with Crippen LogP contribution in [0, 0.1) is 0 Å². The average molecular weight is 363 g/mol. The summed E-state index contributed by atoms with van der Waals surface area (Å²) in [6.07, 6.45) is 3.34. The van der Waals surface area contributed by atoms with Crippen LogP contribution in [0.1, 0.15) is 5.89 Å². The monoisotopic (exact) mass is 362 g/mol. The van der Waals surface area contributed by atoms with E-state index in [-0.39, 0.29) is 0 Å². The molecule has 2 heterocycles. The van der Waals surface area contributed by atoms with Gasteiger partial charge in [-0.2, -0.15) is 0 Å². The molecule has 0 spiro atoms. The molecule has 5 nitrogen and oxygen atoms in total. The van der Waals surface area contributed by atoms with Crippen molar-refractivity contribution in [3.05, 3.63) is 53.1 Å². The first-order chi connectivity index (χ1) is 10.2. The zero-order valence-corrected chi connectivity index (χ0v) is 13.3. The Balaban J connectivity index is 1.71. The second-order valence-electron chi connectivity index (χ2n) is 4.21. The molecule has 7 heteroatoms. The van der Waals surface area contributed by atoms with Crippen molar-refractivity contribution in [3.8, 4) is 11.5 Å². The zero-order chi connectivity index (χ0) is 14.7. The summed E-state index contributed by atoms with van der Waals surface area (Å²) in [4.78, 5) is 4.91. The molecule has 0 aliphatic heterocycles. The molecule has 0 radical (unpaired) electrons. The lowest BCUT2D eigenvalue weighted by atomic mass is 10.2. The van der Waals surface area contributed by atoms with E-state index >= 15 is 0 Å².